The zero-order valence-electron chi connectivity index (χ0n) is 26.5. The van der Waals surface area contributed by atoms with Crippen LogP contribution in [0.1, 0.15) is 45.0 Å². The lowest BCUT2D eigenvalue weighted by Gasteiger charge is -2.23. The van der Waals surface area contributed by atoms with E-state index in [0.29, 0.717) is 60.0 Å². The van der Waals surface area contributed by atoms with Crippen LogP contribution in [0.25, 0.3) is 22.3 Å². The summed E-state index contributed by atoms with van der Waals surface area (Å²) in [5.41, 5.74) is 2.67. The Labute approximate surface area is 262 Å². The number of amides is 1. The van der Waals surface area contributed by atoms with Crippen LogP contribution in [0, 0.1) is 12.7 Å². The van der Waals surface area contributed by atoms with Crippen molar-refractivity contribution in [1.82, 2.24) is 24.8 Å². The van der Waals surface area contributed by atoms with Gasteiger partial charge in [0.05, 0.1) is 23.1 Å². The van der Waals surface area contributed by atoms with Gasteiger partial charge in [-0.25, -0.2) is 19.2 Å². The number of likely N-dealkylation sites (tertiary alicyclic amines) is 1. The molecule has 0 saturated carbocycles. The van der Waals surface area contributed by atoms with Crippen LogP contribution in [0.4, 0.5) is 15.0 Å². The summed E-state index contributed by atoms with van der Waals surface area (Å²) in [5.74, 6) is 0.525. The number of nitrogens with zero attached hydrogens (tertiary/aromatic N) is 4. The number of halogens is 1. The van der Waals surface area contributed by atoms with Gasteiger partial charge >= 0.3 is 12.1 Å². The number of aryl methyl sites for hydroxylation is 2. The molecule has 0 spiro atoms. The third kappa shape index (κ3) is 7.96. The molecule has 1 aliphatic heterocycles. The monoisotopic (exact) mass is 616 g/mol. The SMILES string of the molecule is CNC[C@@H]1C[C@H](Nc2cccc(-c3cc(F)cc4nc(C)n(CCC(=O)OC(C)(C)C)c34)n2)CN1C(=O)OCc1ccccc1. The molecule has 0 bridgehead atoms. The smallest absolute Gasteiger partial charge is 0.410 e. The Morgan fingerprint density at radius 2 is 1.84 bits per heavy atom. The number of carbonyl (C=O) groups is 2. The minimum absolute atomic E-state index is 0.0518. The maximum atomic E-state index is 14.8. The van der Waals surface area contributed by atoms with Gasteiger partial charge < -0.3 is 29.6 Å². The second-order valence-electron chi connectivity index (χ2n) is 12.4. The molecule has 1 fully saturated rings. The number of anilines is 1. The minimum atomic E-state index is -0.583. The van der Waals surface area contributed by atoms with E-state index in [2.05, 4.69) is 15.6 Å². The minimum Gasteiger partial charge on any atom is -0.460 e. The van der Waals surface area contributed by atoms with Crippen molar-refractivity contribution < 1.29 is 23.5 Å². The number of pyridine rings is 1. The second kappa shape index (κ2) is 13.6. The first kappa shape index (κ1) is 31.9. The first-order valence-electron chi connectivity index (χ1n) is 15.2. The molecule has 1 amide bonds. The Kier molecular flexibility index (Phi) is 9.67. The third-order valence-electron chi connectivity index (χ3n) is 7.63. The molecule has 5 rings (SSSR count). The Balaban J connectivity index is 1.34. The average Bonchev–Trinajstić information content (AvgIpc) is 3.53. The van der Waals surface area contributed by atoms with Crippen molar-refractivity contribution in [3.05, 3.63) is 77.9 Å². The summed E-state index contributed by atoms with van der Waals surface area (Å²) < 4.78 is 27.9. The van der Waals surface area contributed by atoms with Gasteiger partial charge in [-0.1, -0.05) is 36.4 Å². The predicted molar refractivity (Wildman–Crippen MR) is 171 cm³/mol. The highest BCUT2D eigenvalue weighted by Gasteiger charge is 2.36. The molecular formula is C34H41FN6O4. The van der Waals surface area contributed by atoms with Crippen LogP contribution in [0.5, 0.6) is 0 Å². The summed E-state index contributed by atoms with van der Waals surface area (Å²) in [4.78, 5) is 36.7. The predicted octanol–water partition coefficient (Wildman–Crippen LogP) is 5.69. The molecule has 45 heavy (non-hydrogen) atoms. The van der Waals surface area contributed by atoms with E-state index >= 15 is 0 Å². The second-order valence-corrected chi connectivity index (χ2v) is 12.4. The fourth-order valence-electron chi connectivity index (χ4n) is 5.77. The summed E-state index contributed by atoms with van der Waals surface area (Å²) in [6, 6.07) is 17.9. The number of fused-ring (bicyclic) bond motifs is 1. The molecule has 2 atom stereocenters. The molecular weight excluding hydrogens is 575 g/mol. The fraction of sp³-hybridized carbons (Fsp3) is 0.412. The van der Waals surface area contributed by atoms with Crippen molar-refractivity contribution in [3.8, 4) is 11.3 Å². The molecule has 0 unspecified atom stereocenters. The van der Waals surface area contributed by atoms with Gasteiger partial charge in [-0.2, -0.15) is 0 Å². The van der Waals surface area contributed by atoms with Crippen LogP contribution in [0.15, 0.2) is 60.7 Å². The van der Waals surface area contributed by atoms with Gasteiger partial charge in [0.25, 0.3) is 0 Å². The highest BCUT2D eigenvalue weighted by molar-refractivity contribution is 5.92. The zero-order chi connectivity index (χ0) is 32.1. The number of esters is 1. The van der Waals surface area contributed by atoms with Gasteiger partial charge in [-0.15, -0.1) is 0 Å². The molecule has 11 heteroatoms. The van der Waals surface area contributed by atoms with Gasteiger partial charge in [0.15, 0.2) is 0 Å². The highest BCUT2D eigenvalue weighted by atomic mass is 19.1. The topological polar surface area (TPSA) is 111 Å². The summed E-state index contributed by atoms with van der Waals surface area (Å²) in [5, 5.41) is 6.65. The maximum Gasteiger partial charge on any atom is 0.410 e. The lowest BCUT2D eigenvalue weighted by molar-refractivity contribution is -0.155. The van der Waals surface area contributed by atoms with E-state index in [9.17, 15) is 14.0 Å². The molecule has 1 saturated heterocycles. The number of ether oxygens (including phenoxy) is 2. The quantitative estimate of drug-likeness (QED) is 0.219. The molecule has 0 radical (unpaired) electrons. The van der Waals surface area contributed by atoms with Crippen molar-refractivity contribution in [1.29, 1.82) is 0 Å². The van der Waals surface area contributed by atoms with E-state index < -0.39 is 11.4 Å². The van der Waals surface area contributed by atoms with Crippen LogP contribution in [-0.2, 0) is 27.4 Å². The lowest BCUT2D eigenvalue weighted by Crippen LogP contribution is -2.41. The molecule has 4 aromatic rings. The molecule has 2 aromatic carbocycles. The van der Waals surface area contributed by atoms with Crippen LogP contribution in [0.2, 0.25) is 0 Å². The molecule has 10 nitrogen and oxygen atoms in total. The largest absolute Gasteiger partial charge is 0.460 e. The Bertz CT molecular complexity index is 1650. The van der Waals surface area contributed by atoms with Crippen molar-refractivity contribution in [2.45, 2.75) is 71.4 Å². The maximum absolute atomic E-state index is 14.8. The highest BCUT2D eigenvalue weighted by Crippen LogP contribution is 2.31. The number of nitrogens with one attached hydrogen (secondary N) is 2. The first-order chi connectivity index (χ1) is 21.5. The van der Waals surface area contributed by atoms with Gasteiger partial charge in [0.1, 0.15) is 29.7 Å². The van der Waals surface area contributed by atoms with Crippen molar-refractivity contribution in [2.24, 2.45) is 0 Å². The van der Waals surface area contributed by atoms with Crippen LogP contribution < -0.4 is 10.6 Å². The number of likely N-dealkylation sites (N-methyl/N-ethyl adjacent to an activating group) is 1. The lowest BCUT2D eigenvalue weighted by atomic mass is 10.1. The fourth-order valence-corrected chi connectivity index (χ4v) is 5.77. The number of benzene rings is 2. The van der Waals surface area contributed by atoms with Gasteiger partial charge in [0.2, 0.25) is 0 Å². The molecule has 2 N–H and O–H groups in total. The Hall–Kier alpha value is -4.51. The van der Waals surface area contributed by atoms with E-state index in [0.717, 1.165) is 5.56 Å². The van der Waals surface area contributed by atoms with Gasteiger partial charge in [-0.05, 0) is 64.9 Å². The number of imidazole rings is 1. The van der Waals surface area contributed by atoms with Gasteiger partial charge in [-0.3, -0.25) is 4.79 Å². The van der Waals surface area contributed by atoms with Crippen LogP contribution in [-0.4, -0.2) is 69.3 Å². The number of rotatable bonds is 10. The number of hydrogen-bond acceptors (Lipinski definition) is 8. The van der Waals surface area contributed by atoms with Crippen molar-refractivity contribution in [3.63, 3.8) is 0 Å². The van der Waals surface area contributed by atoms with Crippen LogP contribution in [0.3, 0.4) is 0 Å². The molecule has 238 valence electrons. The number of aromatic nitrogens is 3. The van der Waals surface area contributed by atoms with E-state index in [-0.39, 0.29) is 37.2 Å². The summed E-state index contributed by atoms with van der Waals surface area (Å²) in [7, 11) is 1.86. The van der Waals surface area contributed by atoms with Gasteiger partial charge in [0, 0.05) is 43.3 Å². The van der Waals surface area contributed by atoms with E-state index in [1.165, 1.54) is 12.1 Å². The Morgan fingerprint density at radius 3 is 2.58 bits per heavy atom. The normalized spacial score (nSPS) is 16.6. The van der Waals surface area contributed by atoms with Crippen molar-refractivity contribution in [2.75, 3.05) is 25.5 Å². The first-order valence-corrected chi connectivity index (χ1v) is 15.2. The summed E-state index contributed by atoms with van der Waals surface area (Å²) >= 11 is 0. The Morgan fingerprint density at radius 1 is 1.07 bits per heavy atom. The molecule has 1 aliphatic rings. The van der Waals surface area contributed by atoms with Crippen molar-refractivity contribution >= 4 is 28.9 Å². The zero-order valence-corrected chi connectivity index (χ0v) is 26.5. The van der Waals surface area contributed by atoms with Crippen LogP contribution >= 0.6 is 0 Å². The van der Waals surface area contributed by atoms with E-state index in [1.54, 1.807) is 4.90 Å². The summed E-state index contributed by atoms with van der Waals surface area (Å²) in [6.07, 6.45) is 0.491. The van der Waals surface area contributed by atoms with E-state index in [4.69, 9.17) is 14.5 Å². The summed E-state index contributed by atoms with van der Waals surface area (Å²) in [6.45, 7) is 8.94. The van der Waals surface area contributed by atoms with E-state index in [1.807, 2.05) is 87.8 Å². The average molecular weight is 617 g/mol. The number of hydrogen-bond donors (Lipinski definition) is 2. The molecule has 0 aliphatic carbocycles. The number of carbonyl (C=O) groups excluding carboxylic acids is 2. The third-order valence-corrected chi connectivity index (χ3v) is 7.63. The molecule has 2 aromatic heterocycles. The standard InChI is InChI=1S/C34H41FN6O4/c1-22-37-29-17-24(35)16-27(32(29)40(22)15-14-31(42)45-34(2,3)4)28-12-9-13-30(39-28)38-25-18-26(19-36-5)41(20-25)33(43)44-21-23-10-7-6-8-11-23/h6-13,16-17,25-26,36H,14-15,18-21H2,1-5H3,(H,38,39)/t25-,26-/m0/s1. The molecule has 3 heterocycles.